The maximum absolute atomic E-state index is 10.0. The number of carbonyl (C=O) groups is 1. The molecular weight excluding hydrogens is 330 g/mol. The van der Waals surface area contributed by atoms with Gasteiger partial charge in [-0.1, -0.05) is 24.3 Å². The van der Waals surface area contributed by atoms with Crippen LogP contribution in [0.25, 0.3) is 10.8 Å². The first-order valence-corrected chi connectivity index (χ1v) is 8.47. The largest absolute Gasteiger partial charge is 0.462 e. The molecular formula is C20H27N3O3. The minimum absolute atomic E-state index is 0.318. The summed E-state index contributed by atoms with van der Waals surface area (Å²) >= 11 is 0. The molecule has 0 spiro atoms. The van der Waals surface area contributed by atoms with Crippen LogP contribution in [0.5, 0.6) is 0 Å². The van der Waals surface area contributed by atoms with Crippen LogP contribution < -0.4 is 10.6 Å². The highest BCUT2D eigenvalue weighted by Gasteiger charge is 2.09. The first kappa shape index (κ1) is 21.4. The number of benzene rings is 1. The van der Waals surface area contributed by atoms with Gasteiger partial charge in [-0.05, 0) is 44.5 Å². The van der Waals surface area contributed by atoms with E-state index < -0.39 is 0 Å². The Balaban J connectivity index is 0.000000199. The predicted molar refractivity (Wildman–Crippen MR) is 103 cm³/mol. The zero-order valence-corrected chi connectivity index (χ0v) is 15.8. The molecule has 1 aliphatic rings. The molecule has 1 atom stereocenters. The Morgan fingerprint density at radius 2 is 1.92 bits per heavy atom. The predicted octanol–water partition coefficient (Wildman–Crippen LogP) is 2.48. The molecule has 140 valence electrons. The molecule has 0 bridgehead atoms. The minimum Gasteiger partial charge on any atom is -0.462 e. The fraction of sp³-hybridized carbons (Fsp3) is 0.400. The molecule has 0 saturated carbocycles. The van der Waals surface area contributed by atoms with Crippen LogP contribution in [0.3, 0.4) is 0 Å². The molecule has 1 aromatic carbocycles. The summed E-state index contributed by atoms with van der Waals surface area (Å²) in [5.74, 6) is 1.82. The summed E-state index contributed by atoms with van der Waals surface area (Å²) in [7, 11) is 0. The number of piperazine rings is 1. The lowest BCUT2D eigenvalue weighted by Gasteiger charge is -2.21. The van der Waals surface area contributed by atoms with Crippen molar-refractivity contribution in [3.05, 3.63) is 48.4 Å². The van der Waals surface area contributed by atoms with Crippen molar-refractivity contribution < 1.29 is 14.3 Å². The molecule has 26 heavy (non-hydrogen) atoms. The molecule has 1 saturated heterocycles. The second-order valence-corrected chi connectivity index (χ2v) is 6.79. The third-order valence-electron chi connectivity index (χ3n) is 3.32. The summed E-state index contributed by atoms with van der Waals surface area (Å²) in [6.45, 7) is 9.44. The van der Waals surface area contributed by atoms with Gasteiger partial charge in [0, 0.05) is 31.5 Å². The standard InChI is InChI=1S/C9H7N.C6H10N2O.C5H10O2/c1-2-4-9-7-10-6-5-8(9)3-1;1-5-2-8-6(4-9)3-7-5;1-5(2,3)7-4-6/h1-7H;5,7-8H,2-3H2,1H3;4H,1-3H3/t;5-;/m.1./s1. The number of fused-ring (bicyclic) bond motifs is 1. The fourth-order valence-electron chi connectivity index (χ4n) is 1.93. The summed E-state index contributed by atoms with van der Waals surface area (Å²) in [5, 5.41) is 8.52. The van der Waals surface area contributed by atoms with Gasteiger partial charge in [-0.25, -0.2) is 4.79 Å². The highest BCUT2D eigenvalue weighted by atomic mass is 16.5. The molecule has 1 aliphatic heterocycles. The zero-order valence-electron chi connectivity index (χ0n) is 15.8. The highest BCUT2D eigenvalue weighted by Crippen LogP contribution is 2.09. The number of nitrogens with zero attached hydrogens (tertiary/aromatic N) is 1. The number of nitrogens with one attached hydrogen (secondary N) is 2. The molecule has 3 rings (SSSR count). The second-order valence-electron chi connectivity index (χ2n) is 6.79. The number of carbonyl (C=O) groups excluding carboxylic acids is 2. The number of pyridine rings is 1. The van der Waals surface area contributed by atoms with Gasteiger partial charge in [0.2, 0.25) is 0 Å². The van der Waals surface area contributed by atoms with E-state index in [1.807, 2.05) is 57.3 Å². The lowest BCUT2D eigenvalue weighted by atomic mass is 10.2. The van der Waals surface area contributed by atoms with E-state index in [0.717, 1.165) is 6.54 Å². The summed E-state index contributed by atoms with van der Waals surface area (Å²) < 4.78 is 4.55. The van der Waals surface area contributed by atoms with Crippen LogP contribution in [0.15, 0.2) is 48.4 Å². The topological polar surface area (TPSA) is 80.3 Å². The van der Waals surface area contributed by atoms with Gasteiger partial charge >= 0.3 is 0 Å². The Kier molecular flexibility index (Phi) is 9.06. The normalized spacial score (nSPS) is 16.0. The molecule has 2 heterocycles. The summed E-state index contributed by atoms with van der Waals surface area (Å²) in [4.78, 5) is 23.6. The number of ether oxygens (including phenoxy) is 1. The molecule has 2 N–H and O–H groups in total. The molecule has 6 heteroatoms. The van der Waals surface area contributed by atoms with E-state index in [0.29, 0.717) is 24.8 Å². The average Bonchev–Trinajstić information content (AvgIpc) is 2.63. The molecule has 1 aromatic heterocycles. The summed E-state index contributed by atoms with van der Waals surface area (Å²) in [6.07, 6.45) is 3.68. The van der Waals surface area contributed by atoms with Crippen molar-refractivity contribution >= 4 is 23.2 Å². The molecule has 0 radical (unpaired) electrons. The fourth-order valence-corrected chi connectivity index (χ4v) is 1.93. The van der Waals surface area contributed by atoms with Gasteiger partial charge in [-0.2, -0.15) is 0 Å². The number of aromatic nitrogens is 1. The van der Waals surface area contributed by atoms with Crippen LogP contribution in [-0.2, 0) is 14.3 Å². The van der Waals surface area contributed by atoms with Crippen LogP contribution in [0, 0.1) is 0 Å². The van der Waals surface area contributed by atoms with E-state index in [4.69, 9.17) is 0 Å². The Labute approximate surface area is 154 Å². The van der Waals surface area contributed by atoms with Crippen molar-refractivity contribution in [3.8, 4) is 0 Å². The van der Waals surface area contributed by atoms with Gasteiger partial charge in [0.25, 0.3) is 6.47 Å². The molecule has 0 unspecified atom stereocenters. The second kappa shape index (κ2) is 11.0. The number of hydrogen-bond donors (Lipinski definition) is 2. The van der Waals surface area contributed by atoms with Crippen molar-refractivity contribution in [2.24, 2.45) is 0 Å². The van der Waals surface area contributed by atoms with Crippen LogP contribution in [-0.4, -0.2) is 42.1 Å². The first-order valence-electron chi connectivity index (χ1n) is 8.47. The van der Waals surface area contributed by atoms with Gasteiger partial charge in [-0.15, -0.1) is 0 Å². The Morgan fingerprint density at radius 1 is 1.23 bits per heavy atom. The molecule has 1 fully saturated rings. The quantitative estimate of drug-likeness (QED) is 0.603. The molecule has 0 aliphatic carbocycles. The van der Waals surface area contributed by atoms with Gasteiger partial charge in [0.15, 0.2) is 0 Å². The van der Waals surface area contributed by atoms with Crippen molar-refractivity contribution in [2.45, 2.75) is 39.3 Å². The van der Waals surface area contributed by atoms with Gasteiger partial charge in [0.05, 0.1) is 0 Å². The van der Waals surface area contributed by atoms with Gasteiger partial charge in [0.1, 0.15) is 17.2 Å². The summed E-state index contributed by atoms with van der Waals surface area (Å²) in [6, 6.07) is 10.7. The van der Waals surface area contributed by atoms with Crippen LogP contribution in [0.4, 0.5) is 0 Å². The third-order valence-corrected chi connectivity index (χ3v) is 3.32. The Bertz CT molecular complexity index is 659. The number of rotatable bonds is 1. The maximum atomic E-state index is 10.0. The average molecular weight is 357 g/mol. The van der Waals surface area contributed by atoms with Crippen LogP contribution >= 0.6 is 0 Å². The van der Waals surface area contributed by atoms with Crippen LogP contribution in [0.1, 0.15) is 27.7 Å². The maximum Gasteiger partial charge on any atom is 0.293 e. The van der Waals surface area contributed by atoms with Crippen molar-refractivity contribution in [3.63, 3.8) is 0 Å². The minimum atomic E-state index is -0.318. The SMILES string of the molecule is CC(C)(C)OC=O.C[C@@H]1CNC(=C=O)CN1.c1ccc2cnccc2c1. The van der Waals surface area contributed by atoms with Gasteiger partial charge < -0.3 is 15.4 Å². The van der Waals surface area contributed by atoms with E-state index >= 15 is 0 Å². The number of hydrogen-bond acceptors (Lipinski definition) is 6. The van der Waals surface area contributed by atoms with Crippen molar-refractivity contribution in [2.75, 3.05) is 13.1 Å². The molecule has 6 nitrogen and oxygen atoms in total. The Morgan fingerprint density at radius 3 is 2.38 bits per heavy atom. The zero-order chi connectivity index (χ0) is 19.4. The van der Waals surface area contributed by atoms with E-state index in [9.17, 15) is 9.59 Å². The van der Waals surface area contributed by atoms with E-state index in [2.05, 4.69) is 39.4 Å². The molecule has 0 amide bonds. The van der Waals surface area contributed by atoms with Crippen LogP contribution in [0.2, 0.25) is 0 Å². The van der Waals surface area contributed by atoms with E-state index in [-0.39, 0.29) is 5.60 Å². The van der Waals surface area contributed by atoms with Crippen molar-refractivity contribution in [1.29, 1.82) is 0 Å². The highest BCUT2D eigenvalue weighted by molar-refractivity contribution is 5.80. The smallest absolute Gasteiger partial charge is 0.293 e. The monoisotopic (exact) mass is 357 g/mol. The van der Waals surface area contributed by atoms with Crippen molar-refractivity contribution in [1.82, 2.24) is 15.6 Å². The molecule has 2 aromatic rings. The summed E-state index contributed by atoms with van der Waals surface area (Å²) in [5.41, 5.74) is 0.315. The van der Waals surface area contributed by atoms with E-state index in [1.165, 1.54) is 10.8 Å². The van der Waals surface area contributed by atoms with E-state index in [1.54, 1.807) is 0 Å². The Hall–Kier alpha value is -2.69. The lowest BCUT2D eigenvalue weighted by Crippen LogP contribution is -2.45. The lowest BCUT2D eigenvalue weighted by molar-refractivity contribution is -0.138. The van der Waals surface area contributed by atoms with Gasteiger partial charge in [-0.3, -0.25) is 9.78 Å². The first-order chi connectivity index (χ1) is 12.4. The third kappa shape index (κ3) is 8.97.